The number of amides is 4. The van der Waals surface area contributed by atoms with Crippen molar-refractivity contribution in [2.24, 2.45) is 0 Å². The van der Waals surface area contributed by atoms with Gasteiger partial charge in [0.2, 0.25) is 5.91 Å². The molecule has 13 heteroatoms. The van der Waals surface area contributed by atoms with Crippen LogP contribution in [0.25, 0.3) is 0 Å². The summed E-state index contributed by atoms with van der Waals surface area (Å²) in [7, 11) is 0. The predicted octanol–water partition coefficient (Wildman–Crippen LogP) is -0.561. The molecule has 1 aliphatic rings. The zero-order chi connectivity index (χ0) is 24.1. The monoisotopic (exact) mass is 472 g/mol. The standard InChI is InChI=1S/C20H30N4O8.H2O/c1-3-5-11-22(30)14-12-21(13-15-23(31)17(26)6-4-2)16(25)9-10-20(29)32-24-18(27)7-8-19(24)28;/h3-6,30-31H,7-15H2,1-2H3;1H2/b5-3-,6-4-;. The Morgan fingerprint density at radius 2 is 1.58 bits per heavy atom. The molecule has 0 aromatic rings. The Morgan fingerprint density at radius 3 is 2.15 bits per heavy atom. The summed E-state index contributed by atoms with van der Waals surface area (Å²) in [6.07, 6.45) is 5.35. The number of hydrogen-bond acceptors (Lipinski definition) is 9. The van der Waals surface area contributed by atoms with Crippen LogP contribution in [0.5, 0.6) is 0 Å². The zero-order valence-corrected chi connectivity index (χ0v) is 18.8. The lowest BCUT2D eigenvalue weighted by Crippen LogP contribution is -2.43. The molecule has 0 atom stereocenters. The van der Waals surface area contributed by atoms with E-state index in [4.69, 9.17) is 4.84 Å². The van der Waals surface area contributed by atoms with Crippen LogP contribution in [0.3, 0.4) is 0 Å². The van der Waals surface area contributed by atoms with Gasteiger partial charge in [0.05, 0.1) is 13.0 Å². The number of carbonyl (C=O) groups is 5. The van der Waals surface area contributed by atoms with Gasteiger partial charge in [-0.1, -0.05) is 18.2 Å². The van der Waals surface area contributed by atoms with Crippen molar-refractivity contribution in [3.8, 4) is 0 Å². The number of imide groups is 1. The summed E-state index contributed by atoms with van der Waals surface area (Å²) in [6.45, 7) is 3.58. The summed E-state index contributed by atoms with van der Waals surface area (Å²) in [5, 5.41) is 21.5. The number of hydrogen-bond donors (Lipinski definition) is 2. The van der Waals surface area contributed by atoms with Crippen molar-refractivity contribution in [3.05, 3.63) is 24.3 Å². The van der Waals surface area contributed by atoms with Crippen LogP contribution < -0.4 is 0 Å². The molecule has 1 fully saturated rings. The lowest BCUT2D eigenvalue weighted by atomic mass is 10.2. The van der Waals surface area contributed by atoms with Crippen LogP contribution in [0.4, 0.5) is 0 Å². The molecule has 13 nitrogen and oxygen atoms in total. The van der Waals surface area contributed by atoms with E-state index >= 15 is 0 Å². The minimum absolute atomic E-state index is 0. The quantitative estimate of drug-likeness (QED) is 0.117. The molecular weight excluding hydrogens is 440 g/mol. The molecule has 0 aliphatic carbocycles. The van der Waals surface area contributed by atoms with Gasteiger partial charge in [-0.2, -0.15) is 5.06 Å². The van der Waals surface area contributed by atoms with Crippen molar-refractivity contribution >= 4 is 29.6 Å². The molecule has 0 unspecified atom stereocenters. The second-order valence-electron chi connectivity index (χ2n) is 6.87. The highest BCUT2D eigenvalue weighted by molar-refractivity contribution is 6.01. The molecule has 1 rings (SSSR count). The van der Waals surface area contributed by atoms with E-state index in [1.165, 1.54) is 11.0 Å². The van der Waals surface area contributed by atoms with Gasteiger partial charge in [0.25, 0.3) is 17.7 Å². The fourth-order valence-electron chi connectivity index (χ4n) is 2.64. The zero-order valence-electron chi connectivity index (χ0n) is 18.8. The third-order valence-electron chi connectivity index (χ3n) is 4.42. The fraction of sp³-hybridized carbons (Fsp3) is 0.550. The maximum atomic E-state index is 12.6. The lowest BCUT2D eigenvalue weighted by Gasteiger charge is -2.26. The molecule has 4 amide bonds. The summed E-state index contributed by atoms with van der Waals surface area (Å²) in [6, 6.07) is 0. The molecular formula is C20H32N4O9. The van der Waals surface area contributed by atoms with Gasteiger partial charge in [0.15, 0.2) is 0 Å². The van der Waals surface area contributed by atoms with Gasteiger partial charge in [0.1, 0.15) is 0 Å². The Kier molecular flexibility index (Phi) is 14.2. The SMILES string of the molecule is C/C=C\CN(O)CCN(CCN(O)C(=O)/C=C\C)C(=O)CCC(=O)ON1C(=O)CCC1=O.O. The number of rotatable bonds is 13. The second-order valence-corrected chi connectivity index (χ2v) is 6.87. The first kappa shape index (κ1) is 29.9. The second kappa shape index (κ2) is 15.6. The Hall–Kier alpha value is -3.13. The highest BCUT2D eigenvalue weighted by Gasteiger charge is 2.33. The van der Waals surface area contributed by atoms with Crippen molar-refractivity contribution in [2.75, 3.05) is 32.7 Å². The minimum Gasteiger partial charge on any atom is -0.412 e. The molecule has 4 N–H and O–H groups in total. The van der Waals surface area contributed by atoms with Crippen LogP contribution in [0, 0.1) is 0 Å². The molecule has 1 heterocycles. The van der Waals surface area contributed by atoms with E-state index in [9.17, 15) is 34.4 Å². The Bertz CT molecular complexity index is 738. The number of carbonyl (C=O) groups excluding carboxylic acids is 5. The summed E-state index contributed by atoms with van der Waals surface area (Å²) in [4.78, 5) is 65.2. The number of hydroxylamine groups is 6. The largest absolute Gasteiger partial charge is 0.412 e. The number of nitrogens with zero attached hydrogens (tertiary/aromatic N) is 4. The molecule has 0 saturated carbocycles. The van der Waals surface area contributed by atoms with E-state index in [-0.39, 0.29) is 63.9 Å². The van der Waals surface area contributed by atoms with Crippen molar-refractivity contribution in [1.82, 2.24) is 20.1 Å². The Balaban J connectivity index is 0.0000102. The van der Waals surface area contributed by atoms with E-state index in [1.54, 1.807) is 26.0 Å². The summed E-state index contributed by atoms with van der Waals surface area (Å²) in [5.41, 5.74) is 0. The first-order chi connectivity index (χ1) is 15.2. The maximum Gasteiger partial charge on any atom is 0.333 e. The lowest BCUT2D eigenvalue weighted by molar-refractivity contribution is -0.197. The smallest absolute Gasteiger partial charge is 0.333 e. The predicted molar refractivity (Wildman–Crippen MR) is 113 cm³/mol. The highest BCUT2D eigenvalue weighted by Crippen LogP contribution is 2.13. The summed E-state index contributed by atoms with van der Waals surface area (Å²) >= 11 is 0. The third-order valence-corrected chi connectivity index (χ3v) is 4.42. The average Bonchev–Trinajstić information content (AvgIpc) is 3.07. The van der Waals surface area contributed by atoms with E-state index in [0.29, 0.717) is 10.1 Å². The molecule has 0 aromatic carbocycles. The molecule has 33 heavy (non-hydrogen) atoms. The minimum atomic E-state index is -0.911. The molecule has 0 aromatic heterocycles. The van der Waals surface area contributed by atoms with Gasteiger partial charge in [-0.05, 0) is 13.8 Å². The normalized spacial score (nSPS) is 13.7. The highest BCUT2D eigenvalue weighted by atomic mass is 16.7. The fourth-order valence-corrected chi connectivity index (χ4v) is 2.64. The van der Waals surface area contributed by atoms with Crippen molar-refractivity contribution < 1.29 is 44.7 Å². The van der Waals surface area contributed by atoms with Crippen LogP contribution in [-0.2, 0) is 28.8 Å². The van der Waals surface area contributed by atoms with Gasteiger partial charge in [0, 0.05) is 51.5 Å². The molecule has 0 radical (unpaired) electrons. The molecule has 1 aliphatic heterocycles. The molecule has 0 bridgehead atoms. The van der Waals surface area contributed by atoms with E-state index < -0.39 is 29.6 Å². The first-order valence-electron chi connectivity index (χ1n) is 10.2. The van der Waals surface area contributed by atoms with Gasteiger partial charge in [-0.3, -0.25) is 24.4 Å². The maximum absolute atomic E-state index is 12.6. The summed E-state index contributed by atoms with van der Waals surface area (Å²) in [5.74, 6) is -3.29. The number of allylic oxidation sites excluding steroid dienone is 2. The third kappa shape index (κ3) is 10.8. The average molecular weight is 472 g/mol. The van der Waals surface area contributed by atoms with Crippen LogP contribution in [0.2, 0.25) is 0 Å². The molecule has 0 spiro atoms. The van der Waals surface area contributed by atoms with E-state index in [0.717, 1.165) is 11.1 Å². The van der Waals surface area contributed by atoms with E-state index in [2.05, 4.69) is 0 Å². The van der Waals surface area contributed by atoms with Crippen molar-refractivity contribution in [2.45, 2.75) is 39.5 Å². The van der Waals surface area contributed by atoms with Crippen LogP contribution in [0.15, 0.2) is 24.3 Å². The van der Waals surface area contributed by atoms with Gasteiger partial charge in [-0.25, -0.2) is 9.86 Å². The van der Waals surface area contributed by atoms with Gasteiger partial charge in [-0.15, -0.1) is 5.06 Å². The summed E-state index contributed by atoms with van der Waals surface area (Å²) < 4.78 is 0. The topological polar surface area (TPSA) is 179 Å². The van der Waals surface area contributed by atoms with Crippen LogP contribution in [0.1, 0.15) is 39.5 Å². The Labute approximate surface area is 191 Å². The van der Waals surface area contributed by atoms with Crippen molar-refractivity contribution in [3.63, 3.8) is 0 Å². The first-order valence-corrected chi connectivity index (χ1v) is 10.2. The Morgan fingerprint density at radius 1 is 0.970 bits per heavy atom. The van der Waals surface area contributed by atoms with E-state index in [1.807, 2.05) is 0 Å². The van der Waals surface area contributed by atoms with Gasteiger partial charge >= 0.3 is 5.97 Å². The molecule has 1 saturated heterocycles. The van der Waals surface area contributed by atoms with Crippen molar-refractivity contribution in [1.29, 1.82) is 0 Å². The molecule has 186 valence electrons. The van der Waals surface area contributed by atoms with Crippen LogP contribution >= 0.6 is 0 Å². The van der Waals surface area contributed by atoms with Gasteiger partial charge < -0.3 is 20.4 Å². The van der Waals surface area contributed by atoms with Crippen LogP contribution in [-0.4, -0.2) is 98.3 Å².